The lowest BCUT2D eigenvalue weighted by Gasteiger charge is -2.20. The minimum atomic E-state index is -1.14. The number of hydrogen-bond donors (Lipinski definition) is 2. The molecule has 0 fully saturated rings. The van der Waals surface area contributed by atoms with Crippen molar-refractivity contribution in [3.63, 3.8) is 0 Å². The molecule has 1 aromatic rings. The van der Waals surface area contributed by atoms with Gasteiger partial charge in [-0.1, -0.05) is 44.2 Å². The molecular weight excluding hydrogens is 282 g/mol. The highest BCUT2D eigenvalue weighted by atomic mass is 16.5. The number of rotatable bonds is 8. The van der Waals surface area contributed by atoms with Crippen LogP contribution in [0.3, 0.4) is 0 Å². The Morgan fingerprint density at radius 1 is 1.23 bits per heavy atom. The van der Waals surface area contributed by atoms with Gasteiger partial charge in [0.1, 0.15) is 12.1 Å². The molecule has 1 amide bonds. The summed E-state index contributed by atoms with van der Waals surface area (Å²) in [5.41, 5.74) is 1.06. The van der Waals surface area contributed by atoms with Gasteiger partial charge in [-0.15, -0.1) is 0 Å². The van der Waals surface area contributed by atoms with E-state index in [1.807, 2.05) is 44.2 Å². The number of ether oxygens (including phenoxy) is 1. The zero-order valence-electron chi connectivity index (χ0n) is 13.4. The van der Waals surface area contributed by atoms with Crippen molar-refractivity contribution in [2.24, 2.45) is 5.92 Å². The summed E-state index contributed by atoms with van der Waals surface area (Å²) in [5.74, 6) is -0.796. The smallest absolute Gasteiger partial charge is 0.328 e. The first kappa shape index (κ1) is 18.2. The maximum Gasteiger partial charge on any atom is 0.328 e. The minimum absolute atomic E-state index is 0.228. The molecule has 0 aliphatic heterocycles. The molecule has 0 unspecified atom stereocenters. The average Bonchev–Trinajstić information content (AvgIpc) is 2.51. The number of aryl methyl sites for hydroxylation is 1. The first-order valence-electron chi connectivity index (χ1n) is 7.54. The summed E-state index contributed by atoms with van der Waals surface area (Å²) in [6.07, 6.45) is 0.247. The average molecular weight is 307 g/mol. The maximum atomic E-state index is 12.0. The monoisotopic (exact) mass is 307 g/mol. The molecule has 0 radical (unpaired) electrons. The fraction of sp³-hybridized carbons (Fsp3) is 0.529. The van der Waals surface area contributed by atoms with E-state index < -0.39 is 24.0 Å². The van der Waals surface area contributed by atoms with Gasteiger partial charge in [0.15, 0.2) is 0 Å². The molecule has 0 saturated carbocycles. The van der Waals surface area contributed by atoms with Gasteiger partial charge < -0.3 is 15.2 Å². The SMILES string of the molecule is COC(=O)[C@H](CC(C)C)NC(=O)[C@@H](O)CCc1ccccc1. The highest BCUT2D eigenvalue weighted by molar-refractivity contribution is 5.86. The predicted octanol–water partition coefficient (Wildman–Crippen LogP) is 1.68. The van der Waals surface area contributed by atoms with Crippen molar-refractivity contribution in [2.75, 3.05) is 7.11 Å². The number of esters is 1. The summed E-state index contributed by atoms with van der Waals surface area (Å²) in [6, 6.07) is 8.92. The van der Waals surface area contributed by atoms with Gasteiger partial charge in [0.25, 0.3) is 0 Å². The Balaban J connectivity index is 2.51. The van der Waals surface area contributed by atoms with Crippen LogP contribution in [-0.2, 0) is 20.7 Å². The third-order valence-electron chi connectivity index (χ3n) is 3.36. The minimum Gasteiger partial charge on any atom is -0.467 e. The van der Waals surface area contributed by atoms with Crippen LogP contribution in [-0.4, -0.2) is 36.2 Å². The largest absolute Gasteiger partial charge is 0.467 e. The van der Waals surface area contributed by atoms with Gasteiger partial charge in [-0.25, -0.2) is 4.79 Å². The van der Waals surface area contributed by atoms with Crippen LogP contribution < -0.4 is 5.32 Å². The lowest BCUT2D eigenvalue weighted by Crippen LogP contribution is -2.46. The summed E-state index contributed by atoms with van der Waals surface area (Å²) in [7, 11) is 1.29. The lowest BCUT2D eigenvalue weighted by molar-refractivity contribution is -0.146. The lowest BCUT2D eigenvalue weighted by atomic mass is 10.0. The second-order valence-corrected chi connectivity index (χ2v) is 5.75. The van der Waals surface area contributed by atoms with Crippen molar-refractivity contribution in [1.29, 1.82) is 0 Å². The molecule has 5 heteroatoms. The molecule has 0 aromatic heterocycles. The van der Waals surface area contributed by atoms with Crippen LogP contribution in [0.15, 0.2) is 30.3 Å². The van der Waals surface area contributed by atoms with Gasteiger partial charge in [0, 0.05) is 0 Å². The normalized spacial score (nSPS) is 13.5. The van der Waals surface area contributed by atoms with Crippen LogP contribution >= 0.6 is 0 Å². The van der Waals surface area contributed by atoms with E-state index in [4.69, 9.17) is 0 Å². The zero-order chi connectivity index (χ0) is 16.5. The van der Waals surface area contributed by atoms with Crippen LogP contribution in [0.2, 0.25) is 0 Å². The summed E-state index contributed by atoms with van der Waals surface area (Å²) in [6.45, 7) is 3.90. The number of carbonyl (C=O) groups is 2. The first-order valence-corrected chi connectivity index (χ1v) is 7.54. The highest BCUT2D eigenvalue weighted by Gasteiger charge is 2.25. The number of hydrogen-bond acceptors (Lipinski definition) is 4. The molecule has 122 valence electrons. The number of methoxy groups -OCH3 is 1. The van der Waals surface area contributed by atoms with E-state index in [9.17, 15) is 14.7 Å². The number of amides is 1. The Kier molecular flexibility index (Phi) is 7.60. The number of aliphatic hydroxyl groups is 1. The molecule has 2 atom stereocenters. The maximum absolute atomic E-state index is 12.0. The molecule has 22 heavy (non-hydrogen) atoms. The second kappa shape index (κ2) is 9.20. The second-order valence-electron chi connectivity index (χ2n) is 5.75. The van der Waals surface area contributed by atoms with Gasteiger partial charge in [0.2, 0.25) is 5.91 Å². The molecule has 1 rings (SSSR count). The van der Waals surface area contributed by atoms with E-state index in [1.165, 1.54) is 7.11 Å². The van der Waals surface area contributed by atoms with E-state index in [1.54, 1.807) is 0 Å². The fourth-order valence-corrected chi connectivity index (χ4v) is 2.17. The quantitative estimate of drug-likeness (QED) is 0.717. The summed E-state index contributed by atoms with van der Waals surface area (Å²) >= 11 is 0. The molecule has 1 aromatic carbocycles. The van der Waals surface area contributed by atoms with E-state index in [0.29, 0.717) is 19.3 Å². The first-order chi connectivity index (χ1) is 10.4. The van der Waals surface area contributed by atoms with Crippen molar-refractivity contribution in [3.8, 4) is 0 Å². The molecule has 5 nitrogen and oxygen atoms in total. The van der Waals surface area contributed by atoms with Crippen LogP contribution in [0.1, 0.15) is 32.3 Å². The molecule has 0 heterocycles. The number of nitrogens with one attached hydrogen (secondary N) is 1. The Morgan fingerprint density at radius 2 is 1.86 bits per heavy atom. The fourth-order valence-electron chi connectivity index (χ4n) is 2.17. The molecule has 0 aliphatic carbocycles. The summed E-state index contributed by atoms with van der Waals surface area (Å²) in [4.78, 5) is 23.7. The number of benzene rings is 1. The number of carbonyl (C=O) groups excluding carboxylic acids is 2. The third-order valence-corrected chi connectivity index (χ3v) is 3.36. The van der Waals surface area contributed by atoms with Gasteiger partial charge in [-0.3, -0.25) is 4.79 Å². The Morgan fingerprint density at radius 3 is 2.41 bits per heavy atom. The zero-order valence-corrected chi connectivity index (χ0v) is 13.4. The molecular formula is C17H25NO4. The van der Waals surface area contributed by atoms with Crippen LogP contribution in [0.25, 0.3) is 0 Å². The van der Waals surface area contributed by atoms with Gasteiger partial charge in [0.05, 0.1) is 7.11 Å². The molecule has 0 bridgehead atoms. The van der Waals surface area contributed by atoms with Gasteiger partial charge in [-0.05, 0) is 30.7 Å². The Hall–Kier alpha value is -1.88. The standard InChI is InChI=1S/C17H25NO4/c1-12(2)11-14(17(21)22-3)18-16(20)15(19)10-9-13-7-5-4-6-8-13/h4-8,12,14-15,19H,9-11H2,1-3H3,(H,18,20)/t14-,15-/m0/s1. The molecule has 2 N–H and O–H groups in total. The van der Waals surface area contributed by atoms with E-state index in [0.717, 1.165) is 5.56 Å². The summed E-state index contributed by atoms with van der Waals surface area (Å²) < 4.78 is 4.69. The number of aliphatic hydroxyl groups excluding tert-OH is 1. The van der Waals surface area contributed by atoms with E-state index in [-0.39, 0.29) is 5.92 Å². The van der Waals surface area contributed by atoms with Crippen LogP contribution in [0.5, 0.6) is 0 Å². The van der Waals surface area contributed by atoms with Crippen molar-refractivity contribution in [1.82, 2.24) is 5.32 Å². The van der Waals surface area contributed by atoms with Crippen molar-refractivity contribution in [3.05, 3.63) is 35.9 Å². The predicted molar refractivity (Wildman–Crippen MR) is 84.2 cm³/mol. The van der Waals surface area contributed by atoms with Gasteiger partial charge >= 0.3 is 5.97 Å². The Labute approximate surface area is 131 Å². The van der Waals surface area contributed by atoms with Crippen molar-refractivity contribution in [2.45, 2.75) is 45.3 Å². The molecule has 0 saturated heterocycles. The topological polar surface area (TPSA) is 75.6 Å². The van der Waals surface area contributed by atoms with E-state index >= 15 is 0 Å². The van der Waals surface area contributed by atoms with E-state index in [2.05, 4.69) is 10.1 Å². The molecule has 0 aliphatic rings. The van der Waals surface area contributed by atoms with Gasteiger partial charge in [-0.2, -0.15) is 0 Å². The highest BCUT2D eigenvalue weighted by Crippen LogP contribution is 2.09. The van der Waals surface area contributed by atoms with Crippen molar-refractivity contribution < 1.29 is 19.4 Å². The third kappa shape index (κ3) is 6.26. The summed E-state index contributed by atoms with van der Waals surface area (Å²) in [5, 5.41) is 12.5. The van der Waals surface area contributed by atoms with Crippen molar-refractivity contribution >= 4 is 11.9 Å². The van der Waals surface area contributed by atoms with Crippen LogP contribution in [0.4, 0.5) is 0 Å². The Bertz CT molecular complexity index is 473. The molecule has 0 spiro atoms. The van der Waals surface area contributed by atoms with Crippen LogP contribution in [0, 0.1) is 5.92 Å².